The second-order valence-corrected chi connectivity index (χ2v) is 6.21. The minimum atomic E-state index is -0.454. The first-order valence-corrected chi connectivity index (χ1v) is 8.31. The zero-order valence-corrected chi connectivity index (χ0v) is 14.2. The smallest absolute Gasteiger partial charge is 0.347 e. The second-order valence-electron chi connectivity index (χ2n) is 6.21. The summed E-state index contributed by atoms with van der Waals surface area (Å²) in [7, 11) is 0. The van der Waals surface area contributed by atoms with Crippen LogP contribution in [-0.4, -0.2) is 15.7 Å². The van der Waals surface area contributed by atoms with E-state index in [4.69, 9.17) is 4.42 Å². The predicted octanol–water partition coefficient (Wildman–Crippen LogP) is 2.77. The molecule has 130 valence electrons. The molecule has 26 heavy (non-hydrogen) atoms. The third kappa shape index (κ3) is 2.97. The highest BCUT2D eigenvalue weighted by Gasteiger charge is 2.14. The molecule has 2 heterocycles. The van der Waals surface area contributed by atoms with Crippen molar-refractivity contribution in [1.82, 2.24) is 15.1 Å². The molecule has 6 heteroatoms. The molecule has 0 spiro atoms. The summed E-state index contributed by atoms with van der Waals surface area (Å²) >= 11 is 0. The number of nitrogens with one attached hydrogen (secondary N) is 1. The third-order valence-corrected chi connectivity index (χ3v) is 4.31. The topological polar surface area (TPSA) is 77.1 Å². The van der Waals surface area contributed by atoms with Crippen molar-refractivity contribution in [2.75, 3.05) is 0 Å². The van der Waals surface area contributed by atoms with Crippen molar-refractivity contribution in [2.45, 2.75) is 20.0 Å². The van der Waals surface area contributed by atoms with Gasteiger partial charge in [0.25, 0.3) is 0 Å². The summed E-state index contributed by atoms with van der Waals surface area (Å²) in [6, 6.07) is 15.2. The van der Waals surface area contributed by atoms with Gasteiger partial charge >= 0.3 is 5.63 Å². The van der Waals surface area contributed by atoms with Crippen LogP contribution in [0, 0.1) is 6.92 Å². The van der Waals surface area contributed by atoms with E-state index >= 15 is 0 Å². The fourth-order valence-electron chi connectivity index (χ4n) is 2.94. The number of hydrogen-bond donors (Lipinski definition) is 1. The Hall–Kier alpha value is -3.41. The third-order valence-electron chi connectivity index (χ3n) is 4.31. The Morgan fingerprint density at radius 1 is 1.12 bits per heavy atom. The van der Waals surface area contributed by atoms with Crippen molar-refractivity contribution in [1.29, 1.82) is 0 Å². The summed E-state index contributed by atoms with van der Waals surface area (Å²) in [4.78, 5) is 24.5. The molecule has 0 bridgehead atoms. The average molecular weight is 347 g/mol. The van der Waals surface area contributed by atoms with Gasteiger partial charge in [0, 0.05) is 11.9 Å². The number of carbonyl (C=O) groups is 1. The van der Waals surface area contributed by atoms with Crippen LogP contribution in [0.25, 0.3) is 21.9 Å². The average Bonchev–Trinajstić information content (AvgIpc) is 3.06. The lowest BCUT2D eigenvalue weighted by Gasteiger charge is -2.08. The van der Waals surface area contributed by atoms with E-state index in [0.29, 0.717) is 23.0 Å². The minimum absolute atomic E-state index is 0.0306. The molecule has 4 rings (SSSR count). The van der Waals surface area contributed by atoms with E-state index in [1.165, 1.54) is 11.8 Å². The summed E-state index contributed by atoms with van der Waals surface area (Å²) < 4.78 is 6.84. The van der Waals surface area contributed by atoms with Gasteiger partial charge in [0.15, 0.2) is 0 Å². The first kappa shape index (κ1) is 16.1. The Labute approximate surface area is 149 Å². The number of aryl methyl sites for hydroxylation is 1. The fraction of sp³-hybridized carbons (Fsp3) is 0.150. The number of rotatable bonds is 4. The van der Waals surface area contributed by atoms with Crippen LogP contribution in [-0.2, 0) is 17.9 Å². The summed E-state index contributed by atoms with van der Waals surface area (Å²) in [5, 5.41) is 8.22. The SMILES string of the molecule is Cc1ccc(CNC(=O)Cn2ncc3c(=O)oc4ccccc4c32)cc1. The van der Waals surface area contributed by atoms with Crippen LogP contribution in [0.4, 0.5) is 0 Å². The minimum Gasteiger partial charge on any atom is -0.422 e. The van der Waals surface area contributed by atoms with Crippen LogP contribution in [0.15, 0.2) is 63.9 Å². The Bertz CT molecular complexity index is 1160. The van der Waals surface area contributed by atoms with E-state index in [9.17, 15) is 9.59 Å². The maximum Gasteiger partial charge on any atom is 0.347 e. The lowest BCUT2D eigenvalue weighted by Crippen LogP contribution is -2.27. The molecule has 0 atom stereocenters. The standard InChI is InChI=1S/C20H17N3O3/c1-13-6-8-14(9-7-13)10-21-18(24)12-23-19-15-4-2-3-5-17(15)26-20(25)16(19)11-22-23/h2-9,11H,10,12H2,1H3,(H,21,24). The molecule has 0 aliphatic rings. The van der Waals surface area contributed by atoms with Gasteiger partial charge in [-0.3, -0.25) is 9.48 Å². The molecule has 6 nitrogen and oxygen atoms in total. The highest BCUT2D eigenvalue weighted by molar-refractivity contribution is 6.02. The number of nitrogens with zero attached hydrogens (tertiary/aromatic N) is 2. The van der Waals surface area contributed by atoms with Gasteiger partial charge in [-0.05, 0) is 24.6 Å². The van der Waals surface area contributed by atoms with E-state index in [1.807, 2.05) is 43.3 Å². The lowest BCUT2D eigenvalue weighted by molar-refractivity contribution is -0.121. The van der Waals surface area contributed by atoms with Crippen LogP contribution in [0.1, 0.15) is 11.1 Å². The van der Waals surface area contributed by atoms with Crippen molar-refractivity contribution in [3.05, 3.63) is 76.3 Å². The van der Waals surface area contributed by atoms with Gasteiger partial charge in [-0.15, -0.1) is 0 Å². The van der Waals surface area contributed by atoms with Gasteiger partial charge in [-0.2, -0.15) is 5.10 Å². The Morgan fingerprint density at radius 2 is 1.88 bits per heavy atom. The molecule has 0 saturated carbocycles. The summed E-state index contributed by atoms with van der Waals surface area (Å²) in [5.74, 6) is -0.173. The quantitative estimate of drug-likeness (QED) is 0.576. The first-order chi connectivity index (χ1) is 12.6. The molecule has 1 N–H and O–H groups in total. The van der Waals surface area contributed by atoms with Crippen LogP contribution in [0.2, 0.25) is 0 Å². The monoisotopic (exact) mass is 347 g/mol. The van der Waals surface area contributed by atoms with Gasteiger partial charge in [0.05, 0.1) is 11.7 Å². The number of para-hydroxylation sites is 1. The van der Waals surface area contributed by atoms with Crippen molar-refractivity contribution in [3.8, 4) is 0 Å². The first-order valence-electron chi connectivity index (χ1n) is 8.31. The molecule has 1 amide bonds. The van der Waals surface area contributed by atoms with E-state index < -0.39 is 5.63 Å². The lowest BCUT2D eigenvalue weighted by atomic mass is 10.1. The Kier molecular flexibility index (Phi) is 4.01. The van der Waals surface area contributed by atoms with Gasteiger partial charge in [-0.1, -0.05) is 42.0 Å². The van der Waals surface area contributed by atoms with Crippen molar-refractivity contribution < 1.29 is 9.21 Å². The number of fused-ring (bicyclic) bond motifs is 3. The number of amides is 1. The maximum atomic E-state index is 12.3. The Morgan fingerprint density at radius 3 is 2.69 bits per heavy atom. The number of carbonyl (C=O) groups excluding carboxylic acids is 1. The van der Waals surface area contributed by atoms with Gasteiger partial charge in [0.2, 0.25) is 5.91 Å². The molecule has 0 unspecified atom stereocenters. The summed E-state index contributed by atoms with van der Waals surface area (Å²) in [6.45, 7) is 2.50. The highest BCUT2D eigenvalue weighted by Crippen LogP contribution is 2.22. The molecular weight excluding hydrogens is 330 g/mol. The normalized spacial score (nSPS) is 11.1. The molecule has 2 aromatic carbocycles. The molecule has 0 fully saturated rings. The van der Waals surface area contributed by atoms with Crippen LogP contribution < -0.4 is 10.9 Å². The molecule has 0 radical (unpaired) electrons. The predicted molar refractivity (Wildman–Crippen MR) is 98.8 cm³/mol. The van der Waals surface area contributed by atoms with Crippen molar-refractivity contribution in [3.63, 3.8) is 0 Å². The second kappa shape index (κ2) is 6.48. The molecule has 4 aromatic rings. The largest absolute Gasteiger partial charge is 0.422 e. The van der Waals surface area contributed by atoms with Crippen molar-refractivity contribution in [2.24, 2.45) is 0 Å². The number of aromatic nitrogens is 2. The number of benzene rings is 2. The van der Waals surface area contributed by atoms with Crippen molar-refractivity contribution >= 4 is 27.8 Å². The Balaban J connectivity index is 1.60. The van der Waals surface area contributed by atoms with Gasteiger partial charge in [-0.25, -0.2) is 4.79 Å². The van der Waals surface area contributed by atoms with E-state index in [1.54, 1.807) is 16.8 Å². The summed E-state index contributed by atoms with van der Waals surface area (Å²) in [5.41, 5.74) is 2.84. The molecule has 0 aliphatic heterocycles. The molecule has 0 saturated heterocycles. The van der Waals surface area contributed by atoms with Gasteiger partial charge < -0.3 is 9.73 Å². The zero-order chi connectivity index (χ0) is 18.1. The number of hydrogen-bond acceptors (Lipinski definition) is 4. The molecule has 2 aromatic heterocycles. The van der Waals surface area contributed by atoms with Crippen LogP contribution in [0.3, 0.4) is 0 Å². The van der Waals surface area contributed by atoms with Crippen LogP contribution >= 0.6 is 0 Å². The van der Waals surface area contributed by atoms with E-state index in [-0.39, 0.29) is 12.5 Å². The maximum absolute atomic E-state index is 12.3. The van der Waals surface area contributed by atoms with E-state index in [0.717, 1.165) is 10.9 Å². The zero-order valence-electron chi connectivity index (χ0n) is 14.2. The summed E-state index contributed by atoms with van der Waals surface area (Å²) in [6.07, 6.45) is 1.45. The van der Waals surface area contributed by atoms with Gasteiger partial charge in [0.1, 0.15) is 17.5 Å². The fourth-order valence-corrected chi connectivity index (χ4v) is 2.94. The highest BCUT2D eigenvalue weighted by atomic mass is 16.4. The molecule has 0 aliphatic carbocycles. The molecular formula is C20H17N3O3. The van der Waals surface area contributed by atoms with E-state index in [2.05, 4.69) is 10.4 Å². The van der Waals surface area contributed by atoms with Crippen LogP contribution in [0.5, 0.6) is 0 Å².